The highest BCUT2D eigenvalue weighted by atomic mass is 35.5. The van der Waals surface area contributed by atoms with E-state index in [0.29, 0.717) is 11.1 Å². The van der Waals surface area contributed by atoms with Gasteiger partial charge in [0, 0.05) is 11.1 Å². The van der Waals surface area contributed by atoms with E-state index in [-0.39, 0.29) is 10.6 Å². The van der Waals surface area contributed by atoms with Gasteiger partial charge in [-0.3, -0.25) is 9.36 Å². The molecule has 24 heavy (non-hydrogen) atoms. The standard InChI is InChI=1S/C19H12ClO3P/c20-16-10-4-1-9-15(16)19(21)24(22)18-12-6-3-8-14(18)13-7-2-5-11-17(13)23-24/h1-12H. The summed E-state index contributed by atoms with van der Waals surface area (Å²) in [6.07, 6.45) is 0. The van der Waals surface area contributed by atoms with Crippen molar-refractivity contribution in [2.75, 3.05) is 0 Å². The first kappa shape index (κ1) is 15.2. The first-order valence-electron chi connectivity index (χ1n) is 7.39. The lowest BCUT2D eigenvalue weighted by atomic mass is 10.0. The first-order valence-corrected chi connectivity index (χ1v) is 9.39. The van der Waals surface area contributed by atoms with E-state index in [9.17, 15) is 9.36 Å². The van der Waals surface area contributed by atoms with Crippen LogP contribution in [0.2, 0.25) is 5.02 Å². The lowest BCUT2D eigenvalue weighted by molar-refractivity contribution is 0.106. The highest BCUT2D eigenvalue weighted by molar-refractivity contribution is 7.84. The second-order valence-corrected chi connectivity index (χ2v) is 8.02. The van der Waals surface area contributed by atoms with Crippen LogP contribution in [-0.2, 0) is 4.57 Å². The van der Waals surface area contributed by atoms with Crippen LogP contribution in [0.25, 0.3) is 11.1 Å². The molecule has 1 unspecified atom stereocenters. The molecule has 0 spiro atoms. The molecule has 5 heteroatoms. The zero-order chi connectivity index (χ0) is 16.7. The molecule has 4 rings (SSSR count). The van der Waals surface area contributed by atoms with Crippen LogP contribution in [0.1, 0.15) is 10.4 Å². The van der Waals surface area contributed by atoms with Gasteiger partial charge in [0.15, 0.2) is 0 Å². The Kier molecular flexibility index (Phi) is 3.56. The molecule has 0 aromatic heterocycles. The summed E-state index contributed by atoms with van der Waals surface area (Å²) < 4.78 is 19.4. The monoisotopic (exact) mass is 354 g/mol. The largest absolute Gasteiger partial charge is 0.434 e. The van der Waals surface area contributed by atoms with E-state index in [1.807, 2.05) is 24.3 Å². The molecule has 0 fully saturated rings. The van der Waals surface area contributed by atoms with Crippen LogP contribution in [0.15, 0.2) is 72.8 Å². The molecule has 3 aromatic carbocycles. The van der Waals surface area contributed by atoms with Crippen molar-refractivity contribution in [2.24, 2.45) is 0 Å². The van der Waals surface area contributed by atoms with Crippen LogP contribution < -0.4 is 9.83 Å². The van der Waals surface area contributed by atoms with Gasteiger partial charge in [-0.1, -0.05) is 60.1 Å². The Morgan fingerprint density at radius 2 is 1.46 bits per heavy atom. The predicted molar refractivity (Wildman–Crippen MR) is 95.5 cm³/mol. The topological polar surface area (TPSA) is 43.4 Å². The van der Waals surface area contributed by atoms with Gasteiger partial charge in [-0.25, -0.2) is 0 Å². The number of rotatable bonds is 2. The SMILES string of the molecule is O=C(c1ccccc1Cl)P1(=O)Oc2ccccc2-c2ccccc21. The predicted octanol–water partition coefficient (Wildman–Crippen LogP) is 5.14. The van der Waals surface area contributed by atoms with Crippen molar-refractivity contribution in [1.29, 1.82) is 0 Å². The molecular weight excluding hydrogens is 343 g/mol. The summed E-state index contributed by atoms with van der Waals surface area (Å²) in [6.45, 7) is 0. The molecule has 0 N–H and O–H groups in total. The zero-order valence-corrected chi connectivity index (χ0v) is 14.1. The molecule has 0 aliphatic carbocycles. The van der Waals surface area contributed by atoms with Gasteiger partial charge in [-0.2, -0.15) is 0 Å². The van der Waals surface area contributed by atoms with Gasteiger partial charge in [0.2, 0.25) is 0 Å². The van der Waals surface area contributed by atoms with Crippen molar-refractivity contribution in [1.82, 2.24) is 0 Å². The normalized spacial score (nSPS) is 18.2. The Balaban J connectivity index is 1.95. The third-order valence-corrected chi connectivity index (χ3v) is 6.58. The van der Waals surface area contributed by atoms with Crippen LogP contribution in [0.3, 0.4) is 0 Å². The molecule has 0 amide bonds. The maximum Gasteiger partial charge on any atom is 0.347 e. The lowest BCUT2D eigenvalue weighted by Crippen LogP contribution is -2.23. The van der Waals surface area contributed by atoms with E-state index in [0.717, 1.165) is 11.1 Å². The number of halogens is 1. The molecule has 1 aliphatic rings. The summed E-state index contributed by atoms with van der Waals surface area (Å²) in [5.41, 5.74) is 1.20. The van der Waals surface area contributed by atoms with Crippen molar-refractivity contribution in [3.05, 3.63) is 83.4 Å². The Bertz CT molecular complexity index is 1010. The third-order valence-electron chi connectivity index (χ3n) is 4.00. The van der Waals surface area contributed by atoms with Gasteiger partial charge in [0.1, 0.15) is 5.75 Å². The fourth-order valence-corrected chi connectivity index (χ4v) is 5.29. The van der Waals surface area contributed by atoms with Crippen LogP contribution in [0.5, 0.6) is 5.75 Å². The first-order chi connectivity index (χ1) is 11.6. The van der Waals surface area contributed by atoms with Gasteiger partial charge < -0.3 is 4.52 Å². The van der Waals surface area contributed by atoms with Gasteiger partial charge in [0.05, 0.1) is 10.3 Å². The van der Waals surface area contributed by atoms with Crippen molar-refractivity contribution in [2.45, 2.75) is 0 Å². The molecule has 1 atom stereocenters. The van der Waals surface area contributed by atoms with Crippen molar-refractivity contribution < 1.29 is 13.9 Å². The molecule has 0 saturated heterocycles. The van der Waals surface area contributed by atoms with E-state index in [4.69, 9.17) is 16.1 Å². The number of carbonyl (C=O) groups excluding carboxylic acids is 1. The number of hydrogen-bond acceptors (Lipinski definition) is 3. The second kappa shape index (κ2) is 5.62. The van der Waals surface area contributed by atoms with E-state index in [2.05, 4.69) is 0 Å². The molecule has 3 nitrogen and oxygen atoms in total. The molecule has 118 valence electrons. The highest BCUT2D eigenvalue weighted by Crippen LogP contribution is 2.56. The highest BCUT2D eigenvalue weighted by Gasteiger charge is 2.43. The van der Waals surface area contributed by atoms with E-state index >= 15 is 0 Å². The van der Waals surface area contributed by atoms with Gasteiger partial charge in [-0.05, 0) is 29.8 Å². The fourth-order valence-electron chi connectivity index (χ4n) is 2.86. The molecule has 1 heterocycles. The summed E-state index contributed by atoms with van der Waals surface area (Å²) in [6, 6.07) is 21.0. The lowest BCUT2D eigenvalue weighted by Gasteiger charge is -2.27. The smallest absolute Gasteiger partial charge is 0.347 e. The number of carbonyl (C=O) groups is 1. The summed E-state index contributed by atoms with van der Waals surface area (Å²) in [5.74, 6) is 0.444. The van der Waals surface area contributed by atoms with Gasteiger partial charge in [0.25, 0.3) is 5.52 Å². The molecule has 0 radical (unpaired) electrons. The Morgan fingerprint density at radius 1 is 0.833 bits per heavy atom. The van der Waals surface area contributed by atoms with Gasteiger partial charge in [-0.15, -0.1) is 0 Å². The number of para-hydroxylation sites is 1. The Morgan fingerprint density at radius 3 is 2.25 bits per heavy atom. The molecule has 3 aromatic rings. The minimum atomic E-state index is -3.80. The summed E-state index contributed by atoms with van der Waals surface area (Å²) in [7, 11) is -3.80. The van der Waals surface area contributed by atoms with E-state index in [1.54, 1.807) is 48.5 Å². The van der Waals surface area contributed by atoms with Crippen LogP contribution in [0.4, 0.5) is 0 Å². The molecule has 0 saturated carbocycles. The average molecular weight is 355 g/mol. The number of hydrogen-bond donors (Lipinski definition) is 0. The van der Waals surface area contributed by atoms with Crippen molar-refractivity contribution in [3.8, 4) is 16.9 Å². The quantitative estimate of drug-likeness (QED) is 0.598. The number of fused-ring (bicyclic) bond motifs is 3. The molecule has 0 bridgehead atoms. The third kappa shape index (κ3) is 2.21. The summed E-state index contributed by atoms with van der Waals surface area (Å²) in [5, 5.41) is 0.672. The van der Waals surface area contributed by atoms with Crippen molar-refractivity contribution in [3.63, 3.8) is 0 Å². The Labute approximate surface area is 144 Å². The van der Waals surface area contributed by atoms with E-state index in [1.165, 1.54) is 0 Å². The van der Waals surface area contributed by atoms with Gasteiger partial charge >= 0.3 is 7.37 Å². The van der Waals surface area contributed by atoms with Crippen LogP contribution in [-0.4, -0.2) is 5.52 Å². The minimum absolute atomic E-state index is 0.205. The summed E-state index contributed by atoms with van der Waals surface area (Å²) in [4.78, 5) is 13.0. The van der Waals surface area contributed by atoms with E-state index < -0.39 is 12.9 Å². The maximum absolute atomic E-state index is 13.6. The van der Waals surface area contributed by atoms with Crippen LogP contribution >= 0.6 is 19.0 Å². The number of benzene rings is 3. The molecular formula is C19H12ClO3P. The second-order valence-electron chi connectivity index (χ2n) is 5.44. The van der Waals surface area contributed by atoms with Crippen molar-refractivity contribution >= 4 is 29.8 Å². The molecule has 1 aliphatic heterocycles. The fraction of sp³-hybridized carbons (Fsp3) is 0. The average Bonchev–Trinajstić information content (AvgIpc) is 2.62. The Hall–Kier alpha value is -2.35. The minimum Gasteiger partial charge on any atom is -0.434 e. The van der Waals surface area contributed by atoms with Crippen LogP contribution in [0, 0.1) is 0 Å². The maximum atomic E-state index is 13.6. The zero-order valence-electron chi connectivity index (χ0n) is 12.5. The summed E-state index contributed by atoms with van der Waals surface area (Å²) >= 11 is 6.13.